The van der Waals surface area contributed by atoms with Crippen molar-refractivity contribution >= 4 is 17.5 Å². The average molecular weight is 445 g/mol. The summed E-state index contributed by atoms with van der Waals surface area (Å²) in [5, 5.41) is 5.84. The highest BCUT2D eigenvalue weighted by molar-refractivity contribution is 5.97. The number of hydrogen-bond acceptors (Lipinski definition) is 4. The molecule has 6 heteroatoms. The predicted molar refractivity (Wildman–Crippen MR) is 128 cm³/mol. The first kappa shape index (κ1) is 22.4. The minimum absolute atomic E-state index is 0.137. The van der Waals surface area contributed by atoms with E-state index in [1.807, 2.05) is 68.4 Å². The molecule has 1 aliphatic heterocycles. The zero-order valence-corrected chi connectivity index (χ0v) is 19.0. The van der Waals surface area contributed by atoms with E-state index in [1.54, 1.807) is 13.0 Å². The van der Waals surface area contributed by atoms with E-state index in [4.69, 9.17) is 9.47 Å². The lowest BCUT2D eigenvalue weighted by molar-refractivity contribution is -0.128. The first-order chi connectivity index (χ1) is 15.9. The van der Waals surface area contributed by atoms with Crippen LogP contribution in [0.25, 0.3) is 11.1 Å². The summed E-state index contributed by atoms with van der Waals surface area (Å²) >= 11 is 0. The van der Waals surface area contributed by atoms with Crippen LogP contribution in [0, 0.1) is 0 Å². The van der Waals surface area contributed by atoms with Gasteiger partial charge in [-0.1, -0.05) is 55.5 Å². The van der Waals surface area contributed by atoms with E-state index in [0.717, 1.165) is 16.7 Å². The van der Waals surface area contributed by atoms with Crippen LogP contribution in [0.4, 0.5) is 5.69 Å². The fourth-order valence-electron chi connectivity index (χ4n) is 3.73. The van der Waals surface area contributed by atoms with E-state index < -0.39 is 12.2 Å². The van der Waals surface area contributed by atoms with E-state index in [1.165, 1.54) is 0 Å². The van der Waals surface area contributed by atoms with E-state index in [9.17, 15) is 9.59 Å². The van der Waals surface area contributed by atoms with Gasteiger partial charge in [0, 0.05) is 0 Å². The van der Waals surface area contributed by atoms with Crippen LogP contribution < -0.4 is 20.1 Å². The van der Waals surface area contributed by atoms with Crippen LogP contribution in [0.3, 0.4) is 0 Å². The highest BCUT2D eigenvalue weighted by atomic mass is 16.5. The van der Waals surface area contributed by atoms with Gasteiger partial charge in [0.05, 0.1) is 11.7 Å². The molecule has 1 aliphatic rings. The fraction of sp³-hybridized carbons (Fsp3) is 0.259. The molecule has 0 aliphatic carbocycles. The number of nitrogens with one attached hydrogen (secondary N) is 2. The lowest BCUT2D eigenvalue weighted by Gasteiger charge is -2.26. The number of anilines is 1. The minimum Gasteiger partial charge on any atom is -0.481 e. The smallest absolute Gasteiger partial charge is 0.265 e. The molecule has 0 radical (unpaired) electrons. The highest BCUT2D eigenvalue weighted by Crippen LogP contribution is 2.33. The second-order valence-electron chi connectivity index (χ2n) is 8.14. The Labute approximate surface area is 193 Å². The summed E-state index contributed by atoms with van der Waals surface area (Å²) in [6, 6.07) is 23.1. The highest BCUT2D eigenvalue weighted by Gasteiger charge is 2.27. The van der Waals surface area contributed by atoms with Crippen molar-refractivity contribution in [1.82, 2.24) is 5.32 Å². The van der Waals surface area contributed by atoms with Gasteiger partial charge in [-0.2, -0.15) is 0 Å². The Hall–Kier alpha value is -3.80. The molecule has 2 N–H and O–H groups in total. The third-order valence-corrected chi connectivity index (χ3v) is 5.70. The number of amides is 2. The van der Waals surface area contributed by atoms with Crippen molar-refractivity contribution in [3.63, 3.8) is 0 Å². The second kappa shape index (κ2) is 9.77. The predicted octanol–water partition coefficient (Wildman–Crippen LogP) is 5.11. The number of ether oxygens (including phenoxy) is 2. The summed E-state index contributed by atoms with van der Waals surface area (Å²) in [6.45, 7) is 5.53. The molecule has 3 aromatic carbocycles. The molecule has 0 spiro atoms. The van der Waals surface area contributed by atoms with Crippen LogP contribution in [-0.4, -0.2) is 24.0 Å². The molecule has 6 nitrogen and oxygen atoms in total. The minimum atomic E-state index is -0.660. The van der Waals surface area contributed by atoms with E-state index >= 15 is 0 Å². The van der Waals surface area contributed by atoms with Crippen molar-refractivity contribution in [1.29, 1.82) is 0 Å². The van der Waals surface area contributed by atoms with Crippen LogP contribution in [0.2, 0.25) is 0 Å². The average Bonchev–Trinajstić information content (AvgIpc) is 2.84. The summed E-state index contributed by atoms with van der Waals surface area (Å²) in [5.41, 5.74) is 3.74. The zero-order chi connectivity index (χ0) is 23.4. The Kier molecular flexibility index (Phi) is 6.63. The molecule has 0 saturated carbocycles. The fourth-order valence-corrected chi connectivity index (χ4v) is 3.73. The largest absolute Gasteiger partial charge is 0.481 e. The molecular weight excluding hydrogens is 416 g/mol. The first-order valence-electron chi connectivity index (χ1n) is 11.2. The number of rotatable bonds is 7. The van der Waals surface area contributed by atoms with Gasteiger partial charge in [0.2, 0.25) is 0 Å². The Morgan fingerprint density at radius 2 is 1.73 bits per heavy atom. The van der Waals surface area contributed by atoms with E-state index in [2.05, 4.69) is 22.8 Å². The van der Waals surface area contributed by atoms with Crippen LogP contribution >= 0.6 is 0 Å². The summed E-state index contributed by atoms with van der Waals surface area (Å²) in [6.07, 6.45) is -0.574. The molecular formula is C27H28N2O4. The van der Waals surface area contributed by atoms with E-state index in [-0.39, 0.29) is 17.9 Å². The van der Waals surface area contributed by atoms with Gasteiger partial charge in [0.25, 0.3) is 11.8 Å². The van der Waals surface area contributed by atoms with Gasteiger partial charge >= 0.3 is 0 Å². The Morgan fingerprint density at radius 3 is 2.42 bits per heavy atom. The maximum atomic E-state index is 12.7. The molecule has 2 amide bonds. The Balaban J connectivity index is 1.36. The van der Waals surface area contributed by atoms with Crippen molar-refractivity contribution in [2.24, 2.45) is 0 Å². The van der Waals surface area contributed by atoms with Crippen LogP contribution in [0.5, 0.6) is 11.5 Å². The third-order valence-electron chi connectivity index (χ3n) is 5.70. The van der Waals surface area contributed by atoms with Gasteiger partial charge < -0.3 is 20.1 Å². The van der Waals surface area contributed by atoms with Crippen LogP contribution in [0.1, 0.15) is 38.8 Å². The Morgan fingerprint density at radius 1 is 1.03 bits per heavy atom. The van der Waals surface area contributed by atoms with Crippen LogP contribution in [0.15, 0.2) is 72.8 Å². The van der Waals surface area contributed by atoms with Gasteiger partial charge in [-0.25, -0.2) is 0 Å². The number of carbonyl (C=O) groups is 2. The van der Waals surface area contributed by atoms with Crippen LogP contribution in [-0.2, 0) is 9.59 Å². The number of carbonyl (C=O) groups excluding carboxylic acids is 2. The maximum Gasteiger partial charge on any atom is 0.265 e. The normalized spacial score (nSPS) is 16.6. The molecule has 0 fully saturated rings. The maximum absolute atomic E-state index is 12.7. The molecule has 3 atom stereocenters. The van der Waals surface area contributed by atoms with Crippen molar-refractivity contribution in [2.75, 3.05) is 5.32 Å². The van der Waals surface area contributed by atoms with Gasteiger partial charge in [-0.05, 0) is 61.2 Å². The molecule has 3 aromatic rings. The summed E-state index contributed by atoms with van der Waals surface area (Å²) in [7, 11) is 0. The standard InChI is InChI=1S/C27H28N2O4/c1-4-24-27(31)29-23-15-12-21(16-25(23)33-24)17(2)28-26(30)18(3)32-22-13-10-20(11-14-22)19-8-6-5-7-9-19/h5-18,24H,4H2,1-3H3,(H,28,30)(H,29,31)/t17-,18-,24+/m1/s1. The molecule has 0 aromatic heterocycles. The summed E-state index contributed by atoms with van der Waals surface area (Å²) < 4.78 is 11.7. The summed E-state index contributed by atoms with van der Waals surface area (Å²) in [5.74, 6) is 0.895. The summed E-state index contributed by atoms with van der Waals surface area (Å²) in [4.78, 5) is 24.7. The molecule has 4 rings (SSSR count). The molecule has 170 valence electrons. The number of fused-ring (bicyclic) bond motifs is 1. The van der Waals surface area contributed by atoms with Crippen molar-refractivity contribution in [3.8, 4) is 22.6 Å². The van der Waals surface area contributed by atoms with Gasteiger partial charge in [0.1, 0.15) is 11.5 Å². The topological polar surface area (TPSA) is 76.7 Å². The lowest BCUT2D eigenvalue weighted by Crippen LogP contribution is -2.38. The molecule has 0 saturated heterocycles. The molecule has 0 unspecified atom stereocenters. The number of hydrogen-bond donors (Lipinski definition) is 2. The molecule has 1 heterocycles. The molecule has 0 bridgehead atoms. The van der Waals surface area contributed by atoms with Crippen molar-refractivity contribution in [3.05, 3.63) is 78.4 Å². The van der Waals surface area contributed by atoms with Gasteiger partial charge in [-0.15, -0.1) is 0 Å². The zero-order valence-electron chi connectivity index (χ0n) is 19.0. The lowest BCUT2D eigenvalue weighted by atomic mass is 10.1. The van der Waals surface area contributed by atoms with E-state index in [0.29, 0.717) is 23.6 Å². The Bertz CT molecular complexity index is 1130. The molecule has 33 heavy (non-hydrogen) atoms. The SMILES string of the molecule is CC[C@@H]1Oc2cc([C@@H](C)NC(=O)[C@@H](C)Oc3ccc(-c4ccccc4)cc3)ccc2NC1=O. The van der Waals surface area contributed by atoms with Crippen molar-refractivity contribution in [2.45, 2.75) is 45.4 Å². The second-order valence-corrected chi connectivity index (χ2v) is 8.14. The number of benzene rings is 3. The first-order valence-corrected chi connectivity index (χ1v) is 11.2. The van der Waals surface area contributed by atoms with Gasteiger partial charge in [-0.3, -0.25) is 9.59 Å². The quantitative estimate of drug-likeness (QED) is 0.531. The van der Waals surface area contributed by atoms with Crippen molar-refractivity contribution < 1.29 is 19.1 Å². The van der Waals surface area contributed by atoms with Gasteiger partial charge in [0.15, 0.2) is 12.2 Å². The monoisotopic (exact) mass is 444 g/mol. The third kappa shape index (κ3) is 5.17.